The average Bonchev–Trinajstić information content (AvgIpc) is 2.59. The number of aromatic nitrogens is 1. The first-order chi connectivity index (χ1) is 11.6. The van der Waals surface area contributed by atoms with Crippen molar-refractivity contribution in [3.8, 4) is 0 Å². The minimum atomic E-state index is -0.344. The van der Waals surface area contributed by atoms with Crippen LogP contribution in [0, 0.1) is 0 Å². The number of carbonyl (C=O) groups is 2. The Labute approximate surface area is 141 Å². The van der Waals surface area contributed by atoms with Crippen LogP contribution in [0.4, 0.5) is 5.69 Å². The van der Waals surface area contributed by atoms with Gasteiger partial charge in [-0.1, -0.05) is 24.3 Å². The van der Waals surface area contributed by atoms with E-state index in [2.05, 4.69) is 20.5 Å². The second-order valence-corrected chi connectivity index (χ2v) is 5.64. The molecule has 0 aliphatic heterocycles. The van der Waals surface area contributed by atoms with Crippen LogP contribution in [0.5, 0.6) is 0 Å². The van der Waals surface area contributed by atoms with Crippen LogP contribution >= 0.6 is 0 Å². The largest absolute Gasteiger partial charge is 0.351 e. The van der Waals surface area contributed by atoms with E-state index in [4.69, 9.17) is 0 Å². The first-order valence-electron chi connectivity index (χ1n) is 7.82. The number of benzene rings is 1. The van der Waals surface area contributed by atoms with Gasteiger partial charge < -0.3 is 15.5 Å². The molecule has 24 heavy (non-hydrogen) atoms. The van der Waals surface area contributed by atoms with E-state index in [-0.39, 0.29) is 23.2 Å². The number of amides is 2. The average molecular weight is 326 g/mol. The third-order valence-electron chi connectivity index (χ3n) is 3.31. The van der Waals surface area contributed by atoms with Crippen molar-refractivity contribution in [3.05, 3.63) is 59.9 Å². The maximum absolute atomic E-state index is 12.2. The Morgan fingerprint density at radius 2 is 1.62 bits per heavy atom. The Bertz CT molecular complexity index is 686. The maximum Gasteiger partial charge on any atom is 0.274 e. The molecule has 0 saturated carbocycles. The standard InChI is InChI=1S/C18H22N4O2/c1-22(2)13-7-12-19-17(23)15-10-6-11-16(21-15)18(24)20-14-8-4-3-5-9-14/h3-6,8-11H,7,12-13H2,1-2H3,(H,19,23)(H,20,24). The number of anilines is 1. The fourth-order valence-electron chi connectivity index (χ4n) is 2.09. The zero-order valence-electron chi connectivity index (χ0n) is 14.0. The van der Waals surface area contributed by atoms with Crippen LogP contribution in [0.25, 0.3) is 0 Å². The molecule has 6 heteroatoms. The van der Waals surface area contributed by atoms with Crippen molar-refractivity contribution in [3.63, 3.8) is 0 Å². The Kier molecular flexibility index (Phi) is 6.45. The predicted octanol–water partition coefficient (Wildman–Crippen LogP) is 2.02. The molecule has 0 radical (unpaired) electrons. The van der Waals surface area contributed by atoms with E-state index >= 15 is 0 Å². The summed E-state index contributed by atoms with van der Waals surface area (Å²) in [5, 5.41) is 5.56. The summed E-state index contributed by atoms with van der Waals surface area (Å²) in [5.74, 6) is -0.619. The molecule has 1 aromatic heterocycles. The molecule has 0 fully saturated rings. The van der Waals surface area contributed by atoms with Gasteiger partial charge in [0.25, 0.3) is 11.8 Å². The Morgan fingerprint density at radius 3 is 2.29 bits per heavy atom. The minimum Gasteiger partial charge on any atom is -0.351 e. The lowest BCUT2D eigenvalue weighted by Gasteiger charge is -2.10. The molecule has 1 heterocycles. The molecule has 0 bridgehead atoms. The molecule has 0 aliphatic carbocycles. The monoisotopic (exact) mass is 326 g/mol. The number of rotatable bonds is 7. The summed E-state index contributed by atoms with van der Waals surface area (Å²) >= 11 is 0. The van der Waals surface area contributed by atoms with Gasteiger partial charge in [-0.05, 0) is 51.3 Å². The SMILES string of the molecule is CN(C)CCCNC(=O)c1cccc(C(=O)Nc2ccccc2)n1. The molecule has 0 aliphatic rings. The van der Waals surface area contributed by atoms with Crippen molar-refractivity contribution in [2.75, 3.05) is 32.5 Å². The number of pyridine rings is 1. The second-order valence-electron chi connectivity index (χ2n) is 5.64. The van der Waals surface area contributed by atoms with Crippen molar-refractivity contribution in [2.24, 2.45) is 0 Å². The molecule has 2 N–H and O–H groups in total. The first kappa shape index (κ1) is 17.6. The molecule has 2 rings (SSSR count). The van der Waals surface area contributed by atoms with Gasteiger partial charge in [0.05, 0.1) is 0 Å². The smallest absolute Gasteiger partial charge is 0.274 e. The van der Waals surface area contributed by atoms with Crippen LogP contribution in [0.3, 0.4) is 0 Å². The van der Waals surface area contributed by atoms with Crippen molar-refractivity contribution in [2.45, 2.75) is 6.42 Å². The molecular formula is C18H22N4O2. The van der Waals surface area contributed by atoms with Crippen LogP contribution in [-0.2, 0) is 0 Å². The van der Waals surface area contributed by atoms with Gasteiger partial charge >= 0.3 is 0 Å². The van der Waals surface area contributed by atoms with E-state index in [1.54, 1.807) is 30.3 Å². The topological polar surface area (TPSA) is 74.3 Å². The van der Waals surface area contributed by atoms with Gasteiger partial charge in [0.2, 0.25) is 0 Å². The van der Waals surface area contributed by atoms with Gasteiger partial charge in [-0.3, -0.25) is 9.59 Å². The molecule has 0 atom stereocenters. The third-order valence-corrected chi connectivity index (χ3v) is 3.31. The normalized spacial score (nSPS) is 10.5. The van der Waals surface area contributed by atoms with E-state index < -0.39 is 0 Å². The quantitative estimate of drug-likeness (QED) is 0.763. The van der Waals surface area contributed by atoms with Gasteiger partial charge in [0.1, 0.15) is 11.4 Å². The van der Waals surface area contributed by atoms with Crippen LogP contribution in [0.2, 0.25) is 0 Å². The summed E-state index contributed by atoms with van der Waals surface area (Å²) in [5.41, 5.74) is 1.13. The van der Waals surface area contributed by atoms with Crippen LogP contribution in [0.15, 0.2) is 48.5 Å². The Morgan fingerprint density at radius 1 is 0.958 bits per heavy atom. The fraction of sp³-hybridized carbons (Fsp3) is 0.278. The summed E-state index contributed by atoms with van der Waals surface area (Å²) in [7, 11) is 3.97. The summed E-state index contributed by atoms with van der Waals surface area (Å²) in [4.78, 5) is 30.5. The highest BCUT2D eigenvalue weighted by molar-refractivity contribution is 6.03. The lowest BCUT2D eigenvalue weighted by molar-refractivity contribution is 0.0947. The third kappa shape index (κ3) is 5.48. The number of carbonyl (C=O) groups excluding carboxylic acids is 2. The van der Waals surface area contributed by atoms with Gasteiger partial charge in [0.15, 0.2) is 0 Å². The zero-order chi connectivity index (χ0) is 17.4. The molecule has 0 unspecified atom stereocenters. The summed E-state index contributed by atoms with van der Waals surface area (Å²) in [6, 6.07) is 14.0. The second kappa shape index (κ2) is 8.79. The van der Waals surface area contributed by atoms with Crippen molar-refractivity contribution in [1.82, 2.24) is 15.2 Å². The van der Waals surface area contributed by atoms with Crippen molar-refractivity contribution < 1.29 is 9.59 Å². The Hall–Kier alpha value is -2.73. The molecule has 2 aromatic rings. The molecule has 126 valence electrons. The lowest BCUT2D eigenvalue weighted by atomic mass is 10.2. The predicted molar refractivity (Wildman–Crippen MR) is 94.1 cm³/mol. The van der Waals surface area contributed by atoms with Crippen molar-refractivity contribution >= 4 is 17.5 Å². The van der Waals surface area contributed by atoms with Crippen LogP contribution in [0.1, 0.15) is 27.4 Å². The highest BCUT2D eigenvalue weighted by Gasteiger charge is 2.12. The van der Waals surface area contributed by atoms with Crippen molar-refractivity contribution in [1.29, 1.82) is 0 Å². The summed E-state index contributed by atoms with van der Waals surface area (Å²) in [6.45, 7) is 1.46. The molecule has 6 nitrogen and oxygen atoms in total. The summed E-state index contributed by atoms with van der Waals surface area (Å²) < 4.78 is 0. The highest BCUT2D eigenvalue weighted by atomic mass is 16.2. The zero-order valence-corrected chi connectivity index (χ0v) is 14.0. The number of hydrogen-bond acceptors (Lipinski definition) is 4. The highest BCUT2D eigenvalue weighted by Crippen LogP contribution is 2.08. The lowest BCUT2D eigenvalue weighted by Crippen LogP contribution is -2.28. The van der Waals surface area contributed by atoms with Gasteiger partial charge in [-0.25, -0.2) is 4.98 Å². The van der Waals surface area contributed by atoms with E-state index in [1.807, 2.05) is 32.3 Å². The molecule has 0 saturated heterocycles. The fourth-order valence-corrected chi connectivity index (χ4v) is 2.09. The van der Waals surface area contributed by atoms with E-state index in [0.29, 0.717) is 12.2 Å². The number of para-hydroxylation sites is 1. The molecule has 0 spiro atoms. The van der Waals surface area contributed by atoms with E-state index in [9.17, 15) is 9.59 Å². The molecule has 1 aromatic carbocycles. The van der Waals surface area contributed by atoms with Crippen LogP contribution in [-0.4, -0.2) is 48.9 Å². The van der Waals surface area contributed by atoms with Gasteiger partial charge in [-0.2, -0.15) is 0 Å². The number of hydrogen-bond donors (Lipinski definition) is 2. The van der Waals surface area contributed by atoms with Gasteiger partial charge in [0, 0.05) is 12.2 Å². The molecule has 2 amide bonds. The number of nitrogens with zero attached hydrogens (tertiary/aromatic N) is 2. The number of nitrogens with one attached hydrogen (secondary N) is 2. The van der Waals surface area contributed by atoms with Crippen LogP contribution < -0.4 is 10.6 Å². The van der Waals surface area contributed by atoms with E-state index in [0.717, 1.165) is 13.0 Å². The Balaban J connectivity index is 1.95. The molecular weight excluding hydrogens is 304 g/mol. The van der Waals surface area contributed by atoms with Gasteiger partial charge in [-0.15, -0.1) is 0 Å². The summed E-state index contributed by atoms with van der Waals surface area (Å²) in [6.07, 6.45) is 0.854. The minimum absolute atomic E-state index is 0.208. The first-order valence-corrected chi connectivity index (χ1v) is 7.82. The maximum atomic E-state index is 12.2. The van der Waals surface area contributed by atoms with E-state index in [1.165, 1.54) is 0 Å².